The number of esters is 1. The molecule has 0 saturated heterocycles. The summed E-state index contributed by atoms with van der Waals surface area (Å²) >= 11 is 0. The Morgan fingerprint density at radius 1 is 1.25 bits per heavy atom. The van der Waals surface area contributed by atoms with E-state index in [1.54, 1.807) is 0 Å². The summed E-state index contributed by atoms with van der Waals surface area (Å²) in [6.07, 6.45) is 1.77. The third-order valence-corrected chi connectivity index (χ3v) is 4.63. The van der Waals surface area contributed by atoms with Crippen molar-refractivity contribution in [1.29, 1.82) is 0 Å². The minimum Gasteiger partial charge on any atom is -0.566 e. The number of likely N-dealkylation sites (N-methyl/N-ethyl adjacent to an activating group) is 1. The molecule has 0 aliphatic heterocycles. The van der Waals surface area contributed by atoms with Gasteiger partial charge in [0.05, 0.1) is 27.7 Å². The molecule has 8 nitrogen and oxygen atoms in total. The summed E-state index contributed by atoms with van der Waals surface area (Å²) in [6, 6.07) is 0. The van der Waals surface area contributed by atoms with Crippen molar-refractivity contribution in [3.8, 4) is 0 Å². The maximum atomic E-state index is 11.7. The summed E-state index contributed by atoms with van der Waals surface area (Å²) in [4.78, 5) is 22.1. The van der Waals surface area contributed by atoms with Crippen molar-refractivity contribution in [2.75, 3.05) is 54.6 Å². The van der Waals surface area contributed by atoms with Gasteiger partial charge in [0.1, 0.15) is 25.9 Å². The molecule has 0 aliphatic carbocycles. The second kappa shape index (κ2) is 15.2. The molecule has 0 rings (SSSR count). The lowest BCUT2D eigenvalue weighted by atomic mass is 9.80. The van der Waals surface area contributed by atoms with Gasteiger partial charge in [-0.25, -0.2) is 0 Å². The molecule has 0 aliphatic rings. The van der Waals surface area contributed by atoms with E-state index < -0.39 is 14.4 Å². The Morgan fingerprint density at radius 2 is 1.82 bits per heavy atom. The van der Waals surface area contributed by atoms with E-state index in [9.17, 15) is 14.3 Å². The molecule has 0 aromatic heterocycles. The molecule has 3 unspecified atom stereocenters. The highest BCUT2D eigenvalue weighted by Gasteiger charge is 2.22. The van der Waals surface area contributed by atoms with Crippen molar-refractivity contribution < 1.29 is 37.8 Å². The van der Waals surface area contributed by atoms with E-state index in [-0.39, 0.29) is 37.1 Å². The number of methoxy groups -OCH3 is 1. The van der Waals surface area contributed by atoms with Crippen LogP contribution in [0, 0.1) is 11.3 Å². The van der Waals surface area contributed by atoms with Crippen molar-refractivity contribution in [3.63, 3.8) is 0 Å². The molecular formula is C19H41NO7P+. The monoisotopic (exact) mass is 426 g/mol. The molecular weight excluding hydrogens is 385 g/mol. The van der Waals surface area contributed by atoms with E-state index in [0.29, 0.717) is 6.42 Å². The van der Waals surface area contributed by atoms with Gasteiger partial charge in [-0.3, -0.25) is 4.79 Å². The number of aliphatic hydroxyl groups excluding tert-OH is 1. The van der Waals surface area contributed by atoms with Crippen LogP contribution in [0.1, 0.15) is 47.0 Å². The summed E-state index contributed by atoms with van der Waals surface area (Å²) in [5.41, 5.74) is 0.210. The van der Waals surface area contributed by atoms with Crippen LogP contribution in [0.3, 0.4) is 0 Å². The zero-order valence-corrected chi connectivity index (χ0v) is 19.8. The van der Waals surface area contributed by atoms with Crippen molar-refractivity contribution in [3.05, 3.63) is 0 Å². The molecule has 0 aromatic carbocycles. The molecule has 0 heterocycles. The predicted octanol–water partition coefficient (Wildman–Crippen LogP) is 2.12. The topological polar surface area (TPSA) is 105 Å². The van der Waals surface area contributed by atoms with E-state index in [2.05, 4.69) is 46.4 Å². The molecule has 0 radical (unpaired) electrons. The molecule has 168 valence electrons. The van der Waals surface area contributed by atoms with Gasteiger partial charge in [-0.2, -0.15) is 0 Å². The predicted molar refractivity (Wildman–Crippen MR) is 108 cm³/mol. The summed E-state index contributed by atoms with van der Waals surface area (Å²) in [6.45, 7) is 9.47. The largest absolute Gasteiger partial charge is 0.566 e. The number of carbonyl (C=O) groups excluding carboxylic acids is 1. The van der Waals surface area contributed by atoms with Crippen LogP contribution < -0.4 is 4.89 Å². The Balaban J connectivity index is 0. The highest BCUT2D eigenvalue weighted by Crippen LogP contribution is 2.30. The lowest BCUT2D eigenvalue weighted by Gasteiger charge is -2.26. The molecule has 0 spiro atoms. The van der Waals surface area contributed by atoms with E-state index in [1.807, 2.05) is 6.92 Å². The van der Waals surface area contributed by atoms with Crippen LogP contribution in [-0.4, -0.2) is 76.3 Å². The molecule has 0 amide bonds. The summed E-state index contributed by atoms with van der Waals surface area (Å²) in [5, 5.41) is 8.39. The zero-order chi connectivity index (χ0) is 22.4. The van der Waals surface area contributed by atoms with Crippen LogP contribution in [-0.2, 0) is 23.4 Å². The molecule has 0 aromatic rings. The van der Waals surface area contributed by atoms with Gasteiger partial charge in [0.2, 0.25) is 0 Å². The van der Waals surface area contributed by atoms with Crippen molar-refractivity contribution >= 4 is 14.2 Å². The fraction of sp³-hybridized carbons (Fsp3) is 0.947. The van der Waals surface area contributed by atoms with Gasteiger partial charge in [0.25, 0.3) is 0 Å². The minimum absolute atomic E-state index is 0.0115. The van der Waals surface area contributed by atoms with Gasteiger partial charge < -0.3 is 24.0 Å². The van der Waals surface area contributed by atoms with Gasteiger partial charge in [0, 0.05) is 13.5 Å². The van der Waals surface area contributed by atoms with E-state index in [0.717, 1.165) is 23.9 Å². The lowest BCUT2D eigenvalue weighted by molar-refractivity contribution is -0.870. The molecule has 0 saturated carbocycles. The van der Waals surface area contributed by atoms with Crippen molar-refractivity contribution in [2.45, 2.75) is 53.1 Å². The fourth-order valence-corrected chi connectivity index (χ4v) is 2.61. The van der Waals surface area contributed by atoms with Crippen molar-refractivity contribution in [1.82, 2.24) is 0 Å². The normalized spacial score (nSPS) is 14.6. The number of rotatable bonds is 13. The Hall–Kier alpha value is -0.630. The standard InChI is InChI=1S/C14H27O6P.C5H14NO/c1-6-14(3,4)8-11(2)7-13(15)19-9-12(18-5)10-20-21(16)17;1-6(2,3)4-5-7/h11-12H,6-10H2,1-5H3;7H,4-5H2,1-3H3/q;+1. The first-order valence-electron chi connectivity index (χ1n) is 9.63. The smallest absolute Gasteiger partial charge is 0.488 e. The van der Waals surface area contributed by atoms with Crippen LogP contribution in [0.15, 0.2) is 0 Å². The second-order valence-electron chi connectivity index (χ2n) is 8.83. The number of aliphatic hydroxyl groups is 1. The second-order valence-corrected chi connectivity index (χ2v) is 9.53. The maximum Gasteiger partial charge on any atom is 0.488 e. The number of carbonyl (C=O) groups is 1. The third-order valence-electron chi connectivity index (χ3n) is 4.27. The van der Waals surface area contributed by atoms with Crippen LogP contribution in [0.5, 0.6) is 0 Å². The van der Waals surface area contributed by atoms with E-state index in [4.69, 9.17) is 14.6 Å². The lowest BCUT2D eigenvalue weighted by Crippen LogP contribution is -2.36. The van der Waals surface area contributed by atoms with Crippen LogP contribution >= 0.6 is 8.25 Å². The number of nitrogens with zero attached hydrogens (tertiary/aromatic N) is 1. The summed E-state index contributed by atoms with van der Waals surface area (Å²) in [5.74, 6) is -0.0659. The number of ether oxygens (including phenoxy) is 2. The summed E-state index contributed by atoms with van der Waals surface area (Å²) < 4.78 is 25.7. The SMILES string of the molecule is CCC(C)(C)CC(C)CC(=O)OCC(CO[P+](=O)[O-])OC.C[N+](C)(C)CCO. The van der Waals surface area contributed by atoms with E-state index >= 15 is 0 Å². The quantitative estimate of drug-likeness (QED) is 0.273. The van der Waals surface area contributed by atoms with E-state index in [1.165, 1.54) is 7.11 Å². The Morgan fingerprint density at radius 3 is 2.18 bits per heavy atom. The zero-order valence-electron chi connectivity index (χ0n) is 18.9. The van der Waals surface area contributed by atoms with Crippen molar-refractivity contribution in [2.24, 2.45) is 11.3 Å². The molecule has 0 fully saturated rings. The van der Waals surface area contributed by atoms with Gasteiger partial charge in [-0.1, -0.05) is 34.1 Å². The number of hydrogen-bond donors (Lipinski definition) is 1. The molecule has 1 N–H and O–H groups in total. The average Bonchev–Trinajstić information content (AvgIpc) is 2.53. The number of hydrogen-bond acceptors (Lipinski definition) is 7. The Labute approximate surface area is 171 Å². The van der Waals surface area contributed by atoms with Gasteiger partial charge >= 0.3 is 14.2 Å². The third kappa shape index (κ3) is 20.1. The molecule has 9 heteroatoms. The van der Waals surface area contributed by atoms with Gasteiger partial charge in [-0.05, 0) is 22.3 Å². The van der Waals surface area contributed by atoms with Gasteiger partial charge in [-0.15, -0.1) is 4.52 Å². The van der Waals surface area contributed by atoms with Crippen LogP contribution in [0.4, 0.5) is 0 Å². The highest BCUT2D eigenvalue weighted by atomic mass is 31.1. The van der Waals surface area contributed by atoms with Crippen LogP contribution in [0.2, 0.25) is 0 Å². The van der Waals surface area contributed by atoms with Crippen LogP contribution in [0.25, 0.3) is 0 Å². The first-order valence-corrected chi connectivity index (χ1v) is 10.7. The molecule has 3 atom stereocenters. The number of quaternary nitrogens is 1. The maximum absolute atomic E-state index is 11.7. The highest BCUT2D eigenvalue weighted by molar-refractivity contribution is 7.30. The minimum atomic E-state index is -2.92. The first-order chi connectivity index (χ1) is 12.8. The Bertz CT molecular complexity index is 438. The van der Waals surface area contributed by atoms with Gasteiger partial charge in [0.15, 0.2) is 0 Å². The summed E-state index contributed by atoms with van der Waals surface area (Å²) in [7, 11) is 4.65. The average molecular weight is 427 g/mol. The first kappa shape index (κ1) is 29.6. The molecule has 0 bridgehead atoms. The molecule has 28 heavy (non-hydrogen) atoms. The Kier molecular flexibility index (Phi) is 16.1. The fourth-order valence-electron chi connectivity index (χ4n) is 2.32.